The van der Waals surface area contributed by atoms with Gasteiger partial charge in [0, 0.05) is 36.7 Å². The Morgan fingerprint density at radius 2 is 1.61 bits per heavy atom. The highest BCUT2D eigenvalue weighted by Gasteiger charge is 2.08. The van der Waals surface area contributed by atoms with Gasteiger partial charge in [0.1, 0.15) is 5.75 Å². The van der Waals surface area contributed by atoms with Crippen LogP contribution in [0.3, 0.4) is 0 Å². The van der Waals surface area contributed by atoms with E-state index in [0.717, 1.165) is 0 Å². The Morgan fingerprint density at radius 1 is 0.968 bits per heavy atom. The molecule has 0 aromatic heterocycles. The molecule has 0 spiro atoms. The van der Waals surface area contributed by atoms with Crippen LogP contribution in [-0.2, 0) is 14.4 Å². The molecule has 0 heterocycles. The number of benzene rings is 2. The number of anilines is 1. The SMILES string of the molecule is CCOc1ccc(NC(=O)CCC(=O)NNC(=O)/C=C/c2ccc([N+](=O)[O-])cc2)cc1. The first-order chi connectivity index (χ1) is 14.9. The van der Waals surface area contributed by atoms with E-state index in [1.54, 1.807) is 24.3 Å². The summed E-state index contributed by atoms with van der Waals surface area (Å²) in [5.41, 5.74) is 5.51. The van der Waals surface area contributed by atoms with Crippen molar-refractivity contribution in [1.82, 2.24) is 10.9 Å². The number of carbonyl (C=O) groups is 3. The average molecular weight is 426 g/mol. The molecule has 0 aliphatic heterocycles. The molecular weight excluding hydrogens is 404 g/mol. The number of hydrogen-bond acceptors (Lipinski definition) is 6. The summed E-state index contributed by atoms with van der Waals surface area (Å²) in [6.45, 7) is 2.42. The minimum Gasteiger partial charge on any atom is -0.494 e. The van der Waals surface area contributed by atoms with Crippen LogP contribution in [0.25, 0.3) is 6.08 Å². The van der Waals surface area contributed by atoms with Crippen molar-refractivity contribution in [3.63, 3.8) is 0 Å². The van der Waals surface area contributed by atoms with Crippen LogP contribution in [0.1, 0.15) is 25.3 Å². The number of nitro groups is 1. The topological polar surface area (TPSA) is 140 Å². The summed E-state index contributed by atoms with van der Waals surface area (Å²) in [7, 11) is 0. The van der Waals surface area contributed by atoms with Gasteiger partial charge >= 0.3 is 0 Å². The van der Waals surface area contributed by atoms with Gasteiger partial charge in [-0.1, -0.05) is 0 Å². The largest absolute Gasteiger partial charge is 0.494 e. The molecule has 0 radical (unpaired) electrons. The first kappa shape index (κ1) is 23.1. The van der Waals surface area contributed by atoms with Gasteiger partial charge in [-0.3, -0.25) is 35.3 Å². The molecule has 0 bridgehead atoms. The van der Waals surface area contributed by atoms with E-state index < -0.39 is 16.7 Å². The molecule has 31 heavy (non-hydrogen) atoms. The second kappa shape index (κ2) is 11.7. The summed E-state index contributed by atoms with van der Waals surface area (Å²) >= 11 is 0. The number of nitrogens with zero attached hydrogens (tertiary/aromatic N) is 1. The number of nitrogens with one attached hydrogen (secondary N) is 3. The third-order valence-electron chi connectivity index (χ3n) is 3.88. The van der Waals surface area contributed by atoms with E-state index in [1.807, 2.05) is 6.92 Å². The van der Waals surface area contributed by atoms with E-state index in [-0.39, 0.29) is 24.4 Å². The van der Waals surface area contributed by atoms with Crippen LogP contribution < -0.4 is 20.9 Å². The summed E-state index contributed by atoms with van der Waals surface area (Å²) < 4.78 is 5.32. The monoisotopic (exact) mass is 426 g/mol. The molecule has 0 saturated heterocycles. The predicted molar refractivity (Wildman–Crippen MR) is 114 cm³/mol. The lowest BCUT2D eigenvalue weighted by Gasteiger charge is -2.08. The fourth-order valence-electron chi connectivity index (χ4n) is 2.37. The molecule has 162 valence electrons. The van der Waals surface area contributed by atoms with Gasteiger partial charge in [-0.15, -0.1) is 0 Å². The molecule has 2 aromatic carbocycles. The van der Waals surface area contributed by atoms with Crippen LogP contribution in [0.4, 0.5) is 11.4 Å². The zero-order valence-corrected chi connectivity index (χ0v) is 16.8. The highest BCUT2D eigenvalue weighted by Crippen LogP contribution is 2.16. The number of hydrogen-bond donors (Lipinski definition) is 3. The number of non-ortho nitro benzene ring substituents is 1. The molecule has 0 aliphatic carbocycles. The highest BCUT2D eigenvalue weighted by atomic mass is 16.6. The maximum Gasteiger partial charge on any atom is 0.269 e. The van der Waals surface area contributed by atoms with Gasteiger partial charge in [0.05, 0.1) is 11.5 Å². The first-order valence-electron chi connectivity index (χ1n) is 9.41. The summed E-state index contributed by atoms with van der Waals surface area (Å²) in [4.78, 5) is 45.5. The lowest BCUT2D eigenvalue weighted by Crippen LogP contribution is -2.41. The van der Waals surface area contributed by atoms with Gasteiger partial charge in [0.15, 0.2) is 0 Å². The third kappa shape index (κ3) is 8.36. The Kier molecular flexibility index (Phi) is 8.72. The molecule has 0 fully saturated rings. The normalized spacial score (nSPS) is 10.4. The van der Waals surface area contributed by atoms with Crippen molar-refractivity contribution in [3.8, 4) is 5.75 Å². The number of carbonyl (C=O) groups excluding carboxylic acids is 3. The molecule has 10 nitrogen and oxygen atoms in total. The number of rotatable bonds is 9. The van der Waals surface area contributed by atoms with Gasteiger partial charge in [-0.05, 0) is 55.0 Å². The third-order valence-corrected chi connectivity index (χ3v) is 3.88. The van der Waals surface area contributed by atoms with Gasteiger partial charge in [0.25, 0.3) is 11.6 Å². The quantitative estimate of drug-likeness (QED) is 0.320. The molecule has 3 N–H and O–H groups in total. The van der Waals surface area contributed by atoms with Crippen LogP contribution in [0.5, 0.6) is 5.75 Å². The lowest BCUT2D eigenvalue weighted by atomic mass is 10.2. The molecule has 0 unspecified atom stereocenters. The number of ether oxygens (including phenoxy) is 1. The van der Waals surface area contributed by atoms with Gasteiger partial charge in [-0.2, -0.15) is 0 Å². The Balaban J connectivity index is 1.69. The second-order valence-corrected chi connectivity index (χ2v) is 6.22. The summed E-state index contributed by atoms with van der Waals surface area (Å²) in [5, 5.41) is 13.3. The zero-order valence-electron chi connectivity index (χ0n) is 16.8. The zero-order chi connectivity index (χ0) is 22.6. The van der Waals surface area contributed by atoms with E-state index in [4.69, 9.17) is 4.74 Å². The van der Waals surface area contributed by atoms with Gasteiger partial charge in [0.2, 0.25) is 11.8 Å². The van der Waals surface area contributed by atoms with Gasteiger partial charge < -0.3 is 10.1 Å². The molecule has 3 amide bonds. The maximum atomic E-state index is 11.9. The van der Waals surface area contributed by atoms with E-state index >= 15 is 0 Å². The minimum atomic E-state index is -0.592. The van der Waals surface area contributed by atoms with E-state index in [0.29, 0.717) is 23.6 Å². The second-order valence-electron chi connectivity index (χ2n) is 6.22. The predicted octanol–water partition coefficient (Wildman–Crippen LogP) is 2.57. The molecule has 0 aliphatic rings. The van der Waals surface area contributed by atoms with Crippen molar-refractivity contribution in [2.45, 2.75) is 19.8 Å². The van der Waals surface area contributed by atoms with Crippen molar-refractivity contribution in [2.24, 2.45) is 0 Å². The van der Waals surface area contributed by atoms with Crippen LogP contribution in [-0.4, -0.2) is 29.3 Å². The van der Waals surface area contributed by atoms with Crippen molar-refractivity contribution in [2.75, 3.05) is 11.9 Å². The van der Waals surface area contributed by atoms with Crippen molar-refractivity contribution in [3.05, 3.63) is 70.3 Å². The molecule has 0 saturated carbocycles. The summed E-state index contributed by atoms with van der Waals surface area (Å²) in [6.07, 6.45) is 2.43. The van der Waals surface area contributed by atoms with E-state index in [2.05, 4.69) is 16.2 Å². The fraction of sp³-hybridized carbons (Fsp3) is 0.190. The number of amides is 3. The summed E-state index contributed by atoms with van der Waals surface area (Å²) in [6, 6.07) is 12.5. The summed E-state index contributed by atoms with van der Waals surface area (Å²) in [5.74, 6) is -0.772. The maximum absolute atomic E-state index is 11.9. The molecule has 2 aromatic rings. The van der Waals surface area contributed by atoms with Crippen LogP contribution >= 0.6 is 0 Å². The average Bonchev–Trinajstić information content (AvgIpc) is 2.76. The fourth-order valence-corrected chi connectivity index (χ4v) is 2.37. The van der Waals surface area contributed by atoms with Crippen molar-refractivity contribution in [1.29, 1.82) is 0 Å². The smallest absolute Gasteiger partial charge is 0.269 e. The first-order valence-corrected chi connectivity index (χ1v) is 9.41. The number of nitro benzene ring substituents is 1. The molecule has 0 atom stereocenters. The Hall–Kier alpha value is -4.21. The highest BCUT2D eigenvalue weighted by molar-refractivity contribution is 5.95. The molecular formula is C21H22N4O6. The van der Waals surface area contributed by atoms with Crippen LogP contribution in [0.2, 0.25) is 0 Å². The molecule has 10 heteroatoms. The lowest BCUT2D eigenvalue weighted by molar-refractivity contribution is -0.384. The van der Waals surface area contributed by atoms with Crippen molar-refractivity contribution < 1.29 is 24.0 Å². The van der Waals surface area contributed by atoms with E-state index in [1.165, 1.54) is 36.4 Å². The number of hydrazine groups is 1. The van der Waals surface area contributed by atoms with E-state index in [9.17, 15) is 24.5 Å². The van der Waals surface area contributed by atoms with Crippen LogP contribution in [0, 0.1) is 10.1 Å². The molecule has 2 rings (SSSR count). The Morgan fingerprint density at radius 3 is 2.23 bits per heavy atom. The minimum absolute atomic E-state index is 0.0552. The van der Waals surface area contributed by atoms with Crippen molar-refractivity contribution >= 4 is 35.2 Å². The Bertz CT molecular complexity index is 955. The van der Waals surface area contributed by atoms with Crippen LogP contribution in [0.15, 0.2) is 54.6 Å². The Labute approximate surface area is 178 Å². The standard InChI is InChI=1S/C21H22N4O6/c1-2-31-18-10-6-16(7-11-18)22-19(26)13-14-21(28)24-23-20(27)12-5-15-3-8-17(9-4-15)25(29)30/h3-12H,2,13-14H2,1H3,(H,22,26)(H,23,27)(H,24,28)/b12-5+. The van der Waals surface area contributed by atoms with Gasteiger partial charge in [-0.25, -0.2) is 0 Å².